The van der Waals surface area contributed by atoms with Crippen molar-refractivity contribution in [3.63, 3.8) is 0 Å². The van der Waals surface area contributed by atoms with Crippen LogP contribution in [0.4, 0.5) is 4.39 Å². The van der Waals surface area contributed by atoms with Gasteiger partial charge in [0.15, 0.2) is 5.01 Å². The summed E-state index contributed by atoms with van der Waals surface area (Å²) in [6.07, 6.45) is 0. The Labute approximate surface area is 110 Å². The first kappa shape index (κ1) is 13.1. The monoisotopic (exact) mass is 265 g/mol. The van der Waals surface area contributed by atoms with E-state index in [4.69, 9.17) is 0 Å². The summed E-state index contributed by atoms with van der Waals surface area (Å²) >= 11 is 1.43. The van der Waals surface area contributed by atoms with Crippen molar-refractivity contribution in [1.82, 2.24) is 15.5 Å². The molecule has 0 bridgehead atoms. The highest BCUT2D eigenvalue weighted by Gasteiger charge is 2.14. The second-order valence-electron chi connectivity index (χ2n) is 4.21. The Morgan fingerprint density at radius 2 is 2.17 bits per heavy atom. The predicted octanol–water partition coefficient (Wildman–Crippen LogP) is 3.32. The Kier molecular flexibility index (Phi) is 4.04. The number of halogens is 1. The Morgan fingerprint density at radius 1 is 1.39 bits per heavy atom. The van der Waals surface area contributed by atoms with E-state index in [9.17, 15) is 4.39 Å². The molecule has 5 heteroatoms. The van der Waals surface area contributed by atoms with Crippen LogP contribution in [-0.4, -0.2) is 16.7 Å². The van der Waals surface area contributed by atoms with Gasteiger partial charge in [-0.15, -0.1) is 10.2 Å². The summed E-state index contributed by atoms with van der Waals surface area (Å²) in [6.45, 7) is 6.88. The van der Waals surface area contributed by atoms with Gasteiger partial charge in [0, 0.05) is 5.56 Å². The Morgan fingerprint density at radius 3 is 2.89 bits per heavy atom. The molecule has 0 aliphatic heterocycles. The average molecular weight is 265 g/mol. The molecule has 1 heterocycles. The Balaban J connectivity index is 2.32. The molecule has 1 unspecified atom stereocenters. The number of nitrogens with one attached hydrogen (secondary N) is 1. The van der Waals surface area contributed by atoms with Crippen LogP contribution in [0.5, 0.6) is 0 Å². The minimum absolute atomic E-state index is 0.147. The Bertz CT molecular complexity index is 539. The summed E-state index contributed by atoms with van der Waals surface area (Å²) in [6, 6.07) is 5.17. The topological polar surface area (TPSA) is 37.8 Å². The minimum atomic E-state index is -0.251. The highest BCUT2D eigenvalue weighted by atomic mass is 32.1. The van der Waals surface area contributed by atoms with E-state index in [2.05, 4.69) is 15.5 Å². The lowest BCUT2D eigenvalue weighted by molar-refractivity contribution is 0.590. The fourth-order valence-corrected chi connectivity index (χ4v) is 2.60. The van der Waals surface area contributed by atoms with Crippen molar-refractivity contribution in [2.45, 2.75) is 26.8 Å². The first-order chi connectivity index (χ1) is 8.61. The maximum absolute atomic E-state index is 13.7. The molecule has 0 spiro atoms. The standard InChI is InChI=1S/C13H16FN3S/c1-4-15-9(3)12-16-17-13(18-12)10-7-8(2)5-6-11(10)14/h5-7,9,15H,4H2,1-3H3. The first-order valence-electron chi connectivity index (χ1n) is 5.95. The largest absolute Gasteiger partial charge is 0.308 e. The summed E-state index contributed by atoms with van der Waals surface area (Å²) in [5.41, 5.74) is 1.55. The third-order valence-corrected chi connectivity index (χ3v) is 3.81. The zero-order chi connectivity index (χ0) is 13.1. The van der Waals surface area contributed by atoms with Crippen molar-refractivity contribution in [2.24, 2.45) is 0 Å². The van der Waals surface area contributed by atoms with E-state index in [-0.39, 0.29) is 11.9 Å². The van der Waals surface area contributed by atoms with Crippen LogP contribution in [0.2, 0.25) is 0 Å². The van der Waals surface area contributed by atoms with Crippen LogP contribution in [0.15, 0.2) is 18.2 Å². The molecule has 1 aromatic carbocycles. The van der Waals surface area contributed by atoms with Crippen molar-refractivity contribution < 1.29 is 4.39 Å². The van der Waals surface area contributed by atoms with Gasteiger partial charge in [-0.3, -0.25) is 0 Å². The highest BCUT2D eigenvalue weighted by molar-refractivity contribution is 7.14. The van der Waals surface area contributed by atoms with Gasteiger partial charge in [0.1, 0.15) is 10.8 Å². The van der Waals surface area contributed by atoms with Crippen LogP contribution in [0.3, 0.4) is 0 Å². The van der Waals surface area contributed by atoms with E-state index in [0.29, 0.717) is 10.6 Å². The summed E-state index contributed by atoms with van der Waals surface area (Å²) in [5, 5.41) is 13.0. The minimum Gasteiger partial charge on any atom is -0.308 e. The van der Waals surface area contributed by atoms with E-state index < -0.39 is 0 Å². The maximum atomic E-state index is 13.7. The van der Waals surface area contributed by atoms with Gasteiger partial charge in [-0.2, -0.15) is 0 Å². The summed E-state index contributed by atoms with van der Waals surface area (Å²) in [7, 11) is 0. The molecule has 0 saturated heterocycles. The van der Waals surface area contributed by atoms with Crippen molar-refractivity contribution in [3.05, 3.63) is 34.6 Å². The molecule has 0 amide bonds. The van der Waals surface area contributed by atoms with Gasteiger partial charge in [-0.1, -0.05) is 29.9 Å². The number of benzene rings is 1. The van der Waals surface area contributed by atoms with E-state index in [1.54, 1.807) is 12.1 Å². The van der Waals surface area contributed by atoms with Crippen molar-refractivity contribution in [3.8, 4) is 10.6 Å². The number of nitrogens with zero attached hydrogens (tertiary/aromatic N) is 2. The number of hydrogen-bond acceptors (Lipinski definition) is 4. The fourth-order valence-electron chi connectivity index (χ4n) is 1.71. The quantitative estimate of drug-likeness (QED) is 0.921. The molecule has 1 atom stereocenters. The third-order valence-electron chi connectivity index (χ3n) is 2.67. The predicted molar refractivity (Wildman–Crippen MR) is 72.1 cm³/mol. The van der Waals surface area contributed by atoms with Gasteiger partial charge in [0.25, 0.3) is 0 Å². The van der Waals surface area contributed by atoms with Crippen LogP contribution in [0, 0.1) is 12.7 Å². The Hall–Kier alpha value is -1.33. The zero-order valence-electron chi connectivity index (χ0n) is 10.7. The van der Waals surface area contributed by atoms with E-state index in [1.807, 2.05) is 20.8 Å². The summed E-state index contributed by atoms with van der Waals surface area (Å²) in [5.74, 6) is -0.251. The lowest BCUT2D eigenvalue weighted by Gasteiger charge is -2.06. The van der Waals surface area contributed by atoms with Crippen molar-refractivity contribution in [2.75, 3.05) is 6.54 Å². The fraction of sp³-hybridized carbons (Fsp3) is 0.385. The summed E-state index contributed by atoms with van der Waals surface area (Å²) < 4.78 is 13.7. The van der Waals surface area contributed by atoms with Gasteiger partial charge in [0.05, 0.1) is 6.04 Å². The molecule has 0 radical (unpaired) electrons. The van der Waals surface area contributed by atoms with Gasteiger partial charge in [-0.25, -0.2) is 4.39 Å². The summed E-state index contributed by atoms with van der Waals surface area (Å²) in [4.78, 5) is 0. The molecule has 0 aliphatic carbocycles. The lowest BCUT2D eigenvalue weighted by atomic mass is 10.1. The van der Waals surface area contributed by atoms with Crippen LogP contribution in [0.1, 0.15) is 30.5 Å². The second-order valence-corrected chi connectivity index (χ2v) is 5.22. The van der Waals surface area contributed by atoms with E-state index in [1.165, 1.54) is 17.4 Å². The maximum Gasteiger partial charge on any atom is 0.150 e. The normalized spacial score (nSPS) is 12.7. The van der Waals surface area contributed by atoms with Crippen LogP contribution in [0.25, 0.3) is 10.6 Å². The SMILES string of the molecule is CCNC(C)c1nnc(-c2cc(C)ccc2F)s1. The molecule has 2 rings (SSSR count). The van der Waals surface area contributed by atoms with Gasteiger partial charge in [0.2, 0.25) is 0 Å². The smallest absolute Gasteiger partial charge is 0.150 e. The average Bonchev–Trinajstić information content (AvgIpc) is 2.82. The number of hydrogen-bond donors (Lipinski definition) is 1. The molecule has 0 saturated carbocycles. The highest BCUT2D eigenvalue weighted by Crippen LogP contribution is 2.29. The number of aryl methyl sites for hydroxylation is 1. The first-order valence-corrected chi connectivity index (χ1v) is 6.76. The van der Waals surface area contributed by atoms with Crippen LogP contribution < -0.4 is 5.32 Å². The lowest BCUT2D eigenvalue weighted by Crippen LogP contribution is -2.17. The molecule has 0 fully saturated rings. The van der Waals surface area contributed by atoms with E-state index in [0.717, 1.165) is 17.1 Å². The molecule has 0 aliphatic rings. The zero-order valence-corrected chi connectivity index (χ0v) is 11.5. The third kappa shape index (κ3) is 2.73. The molecule has 1 aromatic heterocycles. The van der Waals surface area contributed by atoms with Crippen LogP contribution >= 0.6 is 11.3 Å². The van der Waals surface area contributed by atoms with Gasteiger partial charge < -0.3 is 5.32 Å². The number of rotatable bonds is 4. The molecular formula is C13H16FN3S. The second kappa shape index (κ2) is 5.54. The molecule has 1 N–H and O–H groups in total. The van der Waals surface area contributed by atoms with Crippen molar-refractivity contribution in [1.29, 1.82) is 0 Å². The van der Waals surface area contributed by atoms with Gasteiger partial charge >= 0.3 is 0 Å². The molecule has 18 heavy (non-hydrogen) atoms. The van der Waals surface area contributed by atoms with Crippen molar-refractivity contribution >= 4 is 11.3 Å². The molecule has 3 nitrogen and oxygen atoms in total. The van der Waals surface area contributed by atoms with Gasteiger partial charge in [-0.05, 0) is 32.5 Å². The molecule has 2 aromatic rings. The van der Waals surface area contributed by atoms with E-state index >= 15 is 0 Å². The van der Waals surface area contributed by atoms with Crippen LogP contribution in [-0.2, 0) is 0 Å². The number of aromatic nitrogens is 2. The molecular weight excluding hydrogens is 249 g/mol. The molecule has 96 valence electrons.